The van der Waals surface area contributed by atoms with Crippen molar-refractivity contribution < 1.29 is 9.47 Å². The summed E-state index contributed by atoms with van der Waals surface area (Å²) in [6.45, 7) is 3.44. The third kappa shape index (κ3) is 5.61. The summed E-state index contributed by atoms with van der Waals surface area (Å²) in [7, 11) is 3.46. The number of methoxy groups -OCH3 is 1. The Morgan fingerprint density at radius 3 is 2.71 bits per heavy atom. The molecule has 2 N–H and O–H groups in total. The lowest BCUT2D eigenvalue weighted by Crippen LogP contribution is -2.36. The molecule has 1 saturated carbocycles. The summed E-state index contributed by atoms with van der Waals surface area (Å²) in [5.41, 5.74) is 1.10. The number of nitrogens with one attached hydrogen (secondary N) is 2. The highest BCUT2D eigenvalue weighted by Gasteiger charge is 2.18. The fourth-order valence-electron chi connectivity index (χ4n) is 3.26. The molecule has 28 heavy (non-hydrogen) atoms. The third-order valence-corrected chi connectivity index (χ3v) is 6.04. The second-order valence-corrected chi connectivity index (χ2v) is 8.05. The monoisotopic (exact) mass is 402 g/mol. The molecular formula is C21H30N4O2S. The first-order chi connectivity index (χ1) is 13.7. The van der Waals surface area contributed by atoms with E-state index in [1.165, 1.54) is 17.7 Å². The molecule has 3 rings (SSSR count). The lowest BCUT2D eigenvalue weighted by Gasteiger charge is -2.18. The van der Waals surface area contributed by atoms with Gasteiger partial charge in [0.2, 0.25) is 0 Å². The molecule has 0 bridgehead atoms. The van der Waals surface area contributed by atoms with E-state index in [1.807, 2.05) is 18.3 Å². The average molecular weight is 403 g/mol. The summed E-state index contributed by atoms with van der Waals surface area (Å²) < 4.78 is 11.6. The Balaban J connectivity index is 1.59. The summed E-state index contributed by atoms with van der Waals surface area (Å²) in [6.07, 6.45) is 8.01. The first-order valence-corrected chi connectivity index (χ1v) is 10.7. The molecule has 7 heteroatoms. The number of thiazole rings is 1. The van der Waals surface area contributed by atoms with Crippen molar-refractivity contribution in [3.05, 3.63) is 39.8 Å². The summed E-state index contributed by atoms with van der Waals surface area (Å²) in [6, 6.07) is 6.00. The molecule has 0 unspecified atom stereocenters. The van der Waals surface area contributed by atoms with Gasteiger partial charge in [-0.1, -0.05) is 6.92 Å². The van der Waals surface area contributed by atoms with E-state index in [-0.39, 0.29) is 0 Å². The van der Waals surface area contributed by atoms with Gasteiger partial charge in [0.25, 0.3) is 0 Å². The van der Waals surface area contributed by atoms with Crippen molar-refractivity contribution in [1.29, 1.82) is 0 Å². The molecule has 0 amide bonds. The van der Waals surface area contributed by atoms with Crippen molar-refractivity contribution in [2.24, 2.45) is 4.99 Å². The van der Waals surface area contributed by atoms with Crippen LogP contribution in [0.4, 0.5) is 0 Å². The fourth-order valence-corrected chi connectivity index (χ4v) is 4.06. The second kappa shape index (κ2) is 10.3. The Kier molecular flexibility index (Phi) is 7.54. The van der Waals surface area contributed by atoms with E-state index < -0.39 is 0 Å². The highest BCUT2D eigenvalue weighted by atomic mass is 32.1. The van der Waals surface area contributed by atoms with Gasteiger partial charge in [-0.3, -0.25) is 4.99 Å². The van der Waals surface area contributed by atoms with Crippen LogP contribution in [-0.2, 0) is 19.5 Å². The van der Waals surface area contributed by atoms with E-state index in [1.54, 1.807) is 25.5 Å². The minimum Gasteiger partial charge on any atom is -0.497 e. The quantitative estimate of drug-likeness (QED) is 0.518. The highest BCUT2D eigenvalue weighted by molar-refractivity contribution is 7.11. The number of aromatic nitrogens is 1. The van der Waals surface area contributed by atoms with Crippen LogP contribution >= 0.6 is 11.3 Å². The molecule has 0 aliphatic heterocycles. The molecule has 152 valence electrons. The average Bonchev–Trinajstić information content (AvgIpc) is 3.40. The number of hydrogen-bond donors (Lipinski definition) is 2. The minimum absolute atomic E-state index is 0.306. The minimum atomic E-state index is 0.306. The maximum atomic E-state index is 6.27. The predicted molar refractivity (Wildman–Crippen MR) is 114 cm³/mol. The van der Waals surface area contributed by atoms with Crippen LogP contribution in [0.2, 0.25) is 0 Å². The van der Waals surface area contributed by atoms with E-state index in [0.29, 0.717) is 19.2 Å². The Bertz CT molecular complexity index is 784. The fraction of sp³-hybridized carbons (Fsp3) is 0.524. The van der Waals surface area contributed by atoms with Gasteiger partial charge >= 0.3 is 0 Å². The van der Waals surface area contributed by atoms with Gasteiger partial charge in [-0.25, -0.2) is 4.98 Å². The maximum absolute atomic E-state index is 6.27. The van der Waals surface area contributed by atoms with E-state index in [0.717, 1.165) is 47.3 Å². The Hall–Kier alpha value is -2.28. The Labute approximate surface area is 171 Å². The van der Waals surface area contributed by atoms with Crippen LogP contribution < -0.4 is 20.1 Å². The van der Waals surface area contributed by atoms with Crippen LogP contribution in [0, 0.1) is 0 Å². The number of ether oxygens (including phenoxy) is 2. The third-order valence-electron chi connectivity index (χ3n) is 4.90. The van der Waals surface area contributed by atoms with E-state index in [9.17, 15) is 0 Å². The van der Waals surface area contributed by atoms with Crippen LogP contribution in [0.1, 0.15) is 48.1 Å². The van der Waals surface area contributed by atoms with Crippen molar-refractivity contribution in [2.75, 3.05) is 14.2 Å². The SMILES string of the molecule is CCc1cnc(CNC(=NC)NCc2ccc(OC)cc2OC2CCCC2)s1. The summed E-state index contributed by atoms with van der Waals surface area (Å²) >= 11 is 1.73. The smallest absolute Gasteiger partial charge is 0.191 e. The molecule has 6 nitrogen and oxygen atoms in total. The standard InChI is InChI=1S/C21H30N4O2S/c1-4-18-13-23-20(28-18)14-25-21(22-2)24-12-15-9-10-17(26-3)11-19(15)27-16-7-5-6-8-16/h9-11,13,16H,4-8,12,14H2,1-3H3,(H2,22,24,25). The van der Waals surface area contributed by atoms with Crippen molar-refractivity contribution in [3.63, 3.8) is 0 Å². The van der Waals surface area contributed by atoms with Gasteiger partial charge in [0, 0.05) is 36.3 Å². The number of guanidine groups is 1. The number of nitrogens with zero attached hydrogens (tertiary/aromatic N) is 2. The molecule has 1 aliphatic rings. The van der Waals surface area contributed by atoms with Gasteiger partial charge < -0.3 is 20.1 Å². The highest BCUT2D eigenvalue weighted by Crippen LogP contribution is 2.30. The van der Waals surface area contributed by atoms with Crippen LogP contribution in [0.25, 0.3) is 0 Å². The van der Waals surface area contributed by atoms with Crippen molar-refractivity contribution in [2.45, 2.75) is 58.2 Å². The van der Waals surface area contributed by atoms with Crippen molar-refractivity contribution >= 4 is 17.3 Å². The molecule has 0 atom stereocenters. The molecular weight excluding hydrogens is 372 g/mol. The van der Waals surface area contributed by atoms with E-state index in [2.05, 4.69) is 33.6 Å². The number of aliphatic imine (C=N–C) groups is 1. The van der Waals surface area contributed by atoms with Gasteiger partial charge in [-0.2, -0.15) is 0 Å². The first kappa shape index (κ1) is 20.5. The second-order valence-electron chi connectivity index (χ2n) is 6.85. The maximum Gasteiger partial charge on any atom is 0.191 e. The van der Waals surface area contributed by atoms with Crippen molar-refractivity contribution in [1.82, 2.24) is 15.6 Å². The van der Waals surface area contributed by atoms with E-state index >= 15 is 0 Å². The Morgan fingerprint density at radius 1 is 1.25 bits per heavy atom. The van der Waals surface area contributed by atoms with Crippen molar-refractivity contribution in [3.8, 4) is 11.5 Å². The Morgan fingerprint density at radius 2 is 2.04 bits per heavy atom. The van der Waals surface area contributed by atoms with Crippen LogP contribution in [0.3, 0.4) is 0 Å². The molecule has 1 fully saturated rings. The zero-order valence-corrected chi connectivity index (χ0v) is 17.8. The van der Waals surface area contributed by atoms with Crippen LogP contribution in [0.5, 0.6) is 11.5 Å². The predicted octanol–water partition coefficient (Wildman–Crippen LogP) is 3.90. The largest absolute Gasteiger partial charge is 0.497 e. The first-order valence-electron chi connectivity index (χ1n) is 9.93. The van der Waals surface area contributed by atoms with Gasteiger partial charge in [-0.05, 0) is 44.2 Å². The van der Waals surface area contributed by atoms with Crippen LogP contribution in [0.15, 0.2) is 29.4 Å². The lowest BCUT2D eigenvalue weighted by molar-refractivity contribution is 0.207. The number of aryl methyl sites for hydroxylation is 1. The summed E-state index contributed by atoms with van der Waals surface area (Å²) in [5, 5.41) is 7.77. The zero-order valence-electron chi connectivity index (χ0n) is 17.0. The molecule has 0 saturated heterocycles. The molecule has 2 aromatic rings. The molecule has 0 spiro atoms. The number of hydrogen-bond acceptors (Lipinski definition) is 5. The number of benzene rings is 1. The summed E-state index contributed by atoms with van der Waals surface area (Å²) in [5.74, 6) is 2.45. The van der Waals surface area contributed by atoms with E-state index in [4.69, 9.17) is 9.47 Å². The molecule has 0 radical (unpaired) electrons. The summed E-state index contributed by atoms with van der Waals surface area (Å²) in [4.78, 5) is 10.1. The molecule has 1 aromatic carbocycles. The van der Waals surface area contributed by atoms with Gasteiger partial charge in [-0.15, -0.1) is 11.3 Å². The zero-order chi connectivity index (χ0) is 19.8. The van der Waals surface area contributed by atoms with Gasteiger partial charge in [0.15, 0.2) is 5.96 Å². The van der Waals surface area contributed by atoms with Gasteiger partial charge in [0.05, 0.1) is 19.8 Å². The number of rotatable bonds is 8. The van der Waals surface area contributed by atoms with Crippen LogP contribution in [-0.4, -0.2) is 31.2 Å². The topological polar surface area (TPSA) is 67.8 Å². The molecule has 1 aromatic heterocycles. The molecule has 1 heterocycles. The normalized spacial score (nSPS) is 14.9. The van der Waals surface area contributed by atoms with Gasteiger partial charge in [0.1, 0.15) is 16.5 Å². The lowest BCUT2D eigenvalue weighted by atomic mass is 10.2. The molecule has 1 aliphatic carbocycles.